The third-order valence-electron chi connectivity index (χ3n) is 15.1. The molecular formula is C56H78N8O10S. The highest BCUT2D eigenvalue weighted by Gasteiger charge is 2.43. The second-order valence-electron chi connectivity index (χ2n) is 22.1. The van der Waals surface area contributed by atoms with Gasteiger partial charge in [-0.2, -0.15) is 0 Å². The van der Waals surface area contributed by atoms with Crippen LogP contribution < -0.4 is 21.7 Å². The average Bonchev–Trinajstić information content (AvgIpc) is 3.81. The maximum Gasteiger partial charge on any atom is 0.287 e. The van der Waals surface area contributed by atoms with Crippen molar-refractivity contribution in [3.63, 3.8) is 0 Å². The predicted molar refractivity (Wildman–Crippen MR) is 284 cm³/mol. The van der Waals surface area contributed by atoms with E-state index in [0.717, 1.165) is 29.3 Å². The Balaban J connectivity index is 1.17. The number of H-pyrrole nitrogens is 1. The van der Waals surface area contributed by atoms with Crippen LogP contribution in [-0.4, -0.2) is 122 Å². The average molecular weight is 1060 g/mol. The molecule has 0 bridgehead atoms. The van der Waals surface area contributed by atoms with Gasteiger partial charge in [-0.1, -0.05) is 66.2 Å². The maximum atomic E-state index is 14.8. The van der Waals surface area contributed by atoms with Crippen LogP contribution in [0.5, 0.6) is 0 Å². The molecule has 3 fully saturated rings. The molecule has 2 aliphatic heterocycles. The van der Waals surface area contributed by atoms with Crippen molar-refractivity contribution in [2.45, 2.75) is 175 Å². The SMILES string of the molecule is CC[C@H](C)C(NC(=O)[C@@H](CC(=O)[C@H](CCC(=O)C(=O)NC1CC1)NC(=O)c1csc(C)n1)CC(C)C)C(=O)C[C@@H](CC(C)C)C(=O)N1CCC[C@H]1C(=O)C[C@@H](Cc1c[nH]c2ccccc12)C(=O)N1CCC[C@H]1C(N)=O. The van der Waals surface area contributed by atoms with Crippen molar-refractivity contribution in [2.24, 2.45) is 41.2 Å². The number of ketones is 4. The van der Waals surface area contributed by atoms with Crippen LogP contribution in [0.3, 0.4) is 0 Å². The molecule has 6 amide bonds. The van der Waals surface area contributed by atoms with Crippen molar-refractivity contribution in [1.82, 2.24) is 35.7 Å². The van der Waals surface area contributed by atoms with Crippen molar-refractivity contribution in [3.05, 3.63) is 52.1 Å². The Morgan fingerprint density at radius 1 is 0.787 bits per heavy atom. The number of nitrogens with one attached hydrogen (secondary N) is 4. The van der Waals surface area contributed by atoms with Gasteiger partial charge in [0.15, 0.2) is 17.3 Å². The van der Waals surface area contributed by atoms with E-state index in [1.165, 1.54) is 16.2 Å². The van der Waals surface area contributed by atoms with E-state index in [0.29, 0.717) is 50.1 Å². The van der Waals surface area contributed by atoms with Crippen molar-refractivity contribution in [1.29, 1.82) is 0 Å². The first-order valence-corrected chi connectivity index (χ1v) is 27.9. The zero-order valence-corrected chi connectivity index (χ0v) is 45.6. The van der Waals surface area contributed by atoms with Gasteiger partial charge in [-0.05, 0) is 101 Å². The Morgan fingerprint density at radius 2 is 1.41 bits per heavy atom. The van der Waals surface area contributed by atoms with E-state index in [2.05, 4.69) is 25.9 Å². The number of primary amides is 1. The molecule has 2 saturated heterocycles. The van der Waals surface area contributed by atoms with E-state index >= 15 is 0 Å². The van der Waals surface area contributed by atoms with Crippen molar-refractivity contribution in [3.8, 4) is 0 Å². The van der Waals surface area contributed by atoms with E-state index in [4.69, 9.17) is 5.73 Å². The van der Waals surface area contributed by atoms with Crippen LogP contribution in [0.15, 0.2) is 35.8 Å². The van der Waals surface area contributed by atoms with Gasteiger partial charge in [0, 0.05) is 85.0 Å². The van der Waals surface area contributed by atoms with Crippen LogP contribution in [0, 0.1) is 42.4 Å². The lowest BCUT2D eigenvalue weighted by atomic mass is 9.84. The third-order valence-corrected chi connectivity index (χ3v) is 15.8. The number of Topliss-reactive ketones (excluding diaryl/α,β-unsaturated/α-hetero) is 4. The molecule has 3 aromatic rings. The molecule has 408 valence electrons. The van der Waals surface area contributed by atoms with Gasteiger partial charge in [-0.15, -0.1) is 11.3 Å². The maximum absolute atomic E-state index is 14.8. The number of fused-ring (bicyclic) bond motifs is 1. The molecular weight excluding hydrogens is 977 g/mol. The largest absolute Gasteiger partial charge is 0.368 e. The fraction of sp³-hybridized carbons (Fsp3) is 0.625. The van der Waals surface area contributed by atoms with Crippen LogP contribution >= 0.6 is 11.3 Å². The fourth-order valence-corrected chi connectivity index (χ4v) is 11.3. The number of para-hydroxylation sites is 1. The smallest absolute Gasteiger partial charge is 0.287 e. The number of thiazole rings is 1. The first-order valence-electron chi connectivity index (χ1n) is 27.1. The number of nitrogens with two attached hydrogens (primary N) is 1. The first kappa shape index (κ1) is 58.2. The van der Waals surface area contributed by atoms with E-state index in [9.17, 15) is 47.9 Å². The Bertz CT molecular complexity index is 2580. The number of hydrogen-bond donors (Lipinski definition) is 5. The number of aromatic nitrogens is 2. The Labute approximate surface area is 444 Å². The summed E-state index contributed by atoms with van der Waals surface area (Å²) in [5, 5.41) is 11.4. The summed E-state index contributed by atoms with van der Waals surface area (Å²) >= 11 is 1.26. The molecule has 18 nitrogen and oxygen atoms in total. The van der Waals surface area contributed by atoms with Crippen LogP contribution in [-0.2, 0) is 49.6 Å². The normalized spacial score (nSPS) is 19.1. The Morgan fingerprint density at radius 3 is 2.04 bits per heavy atom. The summed E-state index contributed by atoms with van der Waals surface area (Å²) in [6, 6.07) is 3.78. The van der Waals surface area contributed by atoms with Crippen molar-refractivity contribution >= 4 is 80.8 Å². The van der Waals surface area contributed by atoms with Gasteiger partial charge in [0.2, 0.25) is 29.4 Å². The van der Waals surface area contributed by atoms with Gasteiger partial charge in [-0.3, -0.25) is 47.9 Å². The summed E-state index contributed by atoms with van der Waals surface area (Å²) in [6.45, 7) is 13.8. The predicted octanol–water partition coefficient (Wildman–Crippen LogP) is 5.72. The second kappa shape index (κ2) is 26.6. The number of rotatable bonds is 29. The topological polar surface area (TPSA) is 268 Å². The van der Waals surface area contributed by atoms with Gasteiger partial charge >= 0.3 is 0 Å². The van der Waals surface area contributed by atoms with Crippen molar-refractivity contribution < 1.29 is 47.9 Å². The summed E-state index contributed by atoms with van der Waals surface area (Å²) in [4.78, 5) is 149. The number of nitrogens with zero attached hydrogens (tertiary/aromatic N) is 3. The number of likely N-dealkylation sites (tertiary alicyclic amines) is 2. The third kappa shape index (κ3) is 15.7. The van der Waals surface area contributed by atoms with Gasteiger partial charge < -0.3 is 36.5 Å². The summed E-state index contributed by atoms with van der Waals surface area (Å²) in [5.74, 6) is -8.11. The number of benzene rings is 1. The summed E-state index contributed by atoms with van der Waals surface area (Å²) in [6.07, 6.45) is 5.49. The van der Waals surface area contributed by atoms with E-state index in [1.807, 2.05) is 72.0 Å². The summed E-state index contributed by atoms with van der Waals surface area (Å²) in [7, 11) is 0. The fourth-order valence-electron chi connectivity index (χ4n) is 10.7. The highest BCUT2D eigenvalue weighted by Crippen LogP contribution is 2.32. The number of carbonyl (C=O) groups excluding carboxylic acids is 10. The minimum atomic E-state index is -1.22. The molecule has 1 aromatic carbocycles. The Kier molecular flexibility index (Phi) is 20.6. The molecule has 6 rings (SSSR count). The molecule has 0 radical (unpaired) electrons. The molecule has 1 unspecified atom stereocenters. The number of carbonyl (C=O) groups is 10. The number of amides is 6. The van der Waals surface area contributed by atoms with Crippen molar-refractivity contribution in [2.75, 3.05) is 13.1 Å². The molecule has 3 aliphatic rings. The second-order valence-corrected chi connectivity index (χ2v) is 23.1. The molecule has 2 aromatic heterocycles. The van der Waals surface area contributed by atoms with Crippen LogP contribution in [0.25, 0.3) is 10.9 Å². The molecule has 8 atom stereocenters. The number of aromatic amines is 1. The quantitative estimate of drug-likeness (QED) is 0.0525. The van der Waals surface area contributed by atoms with E-state index < -0.39 is 77.1 Å². The standard InChI is InChI=1S/C56H78N8O10S/c1-8-33(6)50(62-52(70)35(23-31(2)3)26-47(66)42(61-53(71)43-30-75-34(7)59-43)19-20-46(65)54(72)60-39-17-18-39)49(68)28-36(24-32(4)5)55(73)63-21-11-15-44(63)48(67)27-37(56(74)64-22-12-16-45(64)51(57)69)25-38-29-58-41-14-10-9-13-40(38)41/h9-10,13-14,29-33,35-37,39,42,44-45,50,58H,8,11-12,15-28H2,1-7H3,(H2,57,69)(H,60,72)(H,61,71)(H,62,70)/t33-,35+,36+,37+,42-,44-,45-,50?/m0/s1. The summed E-state index contributed by atoms with van der Waals surface area (Å²) in [5.41, 5.74) is 7.56. The van der Waals surface area contributed by atoms with Crippen LogP contribution in [0.2, 0.25) is 0 Å². The molecule has 6 N–H and O–H groups in total. The Hall–Kier alpha value is -6.11. The monoisotopic (exact) mass is 1050 g/mol. The molecule has 75 heavy (non-hydrogen) atoms. The first-order chi connectivity index (χ1) is 35.6. The van der Waals surface area contributed by atoms with Gasteiger partial charge in [0.05, 0.1) is 23.1 Å². The molecule has 1 saturated carbocycles. The highest BCUT2D eigenvalue weighted by atomic mass is 32.1. The van der Waals surface area contributed by atoms with Crippen LogP contribution in [0.1, 0.15) is 152 Å². The zero-order chi connectivity index (χ0) is 54.7. The highest BCUT2D eigenvalue weighted by molar-refractivity contribution is 7.09. The molecule has 4 heterocycles. The molecule has 0 spiro atoms. The molecule has 19 heteroatoms. The lowest BCUT2D eigenvalue weighted by molar-refractivity contribution is -0.145. The number of aryl methyl sites for hydroxylation is 1. The molecule has 1 aliphatic carbocycles. The van der Waals surface area contributed by atoms with Gasteiger partial charge in [-0.25, -0.2) is 4.98 Å². The lowest BCUT2D eigenvalue weighted by Gasteiger charge is -2.32. The van der Waals surface area contributed by atoms with Crippen LogP contribution in [0.4, 0.5) is 0 Å². The van der Waals surface area contributed by atoms with Gasteiger partial charge in [0.25, 0.3) is 11.8 Å². The van der Waals surface area contributed by atoms with E-state index in [-0.39, 0.29) is 104 Å². The van der Waals surface area contributed by atoms with Gasteiger partial charge in [0.1, 0.15) is 11.7 Å². The zero-order valence-electron chi connectivity index (χ0n) is 44.7. The summed E-state index contributed by atoms with van der Waals surface area (Å²) < 4.78 is 0. The number of hydrogen-bond acceptors (Lipinski definition) is 12. The minimum absolute atomic E-state index is 0.0192. The minimum Gasteiger partial charge on any atom is -0.368 e. The lowest BCUT2D eigenvalue weighted by Crippen LogP contribution is -2.50. The van der Waals surface area contributed by atoms with E-state index in [1.54, 1.807) is 17.2 Å².